The van der Waals surface area contributed by atoms with Crippen molar-refractivity contribution in [2.45, 2.75) is 38.1 Å². The van der Waals surface area contributed by atoms with Crippen LogP contribution in [-0.4, -0.2) is 69.3 Å². The lowest BCUT2D eigenvalue weighted by molar-refractivity contribution is -0.138. The summed E-state index contributed by atoms with van der Waals surface area (Å²) >= 11 is 0. The zero-order valence-corrected chi connectivity index (χ0v) is 13.4. The van der Waals surface area contributed by atoms with Crippen molar-refractivity contribution in [3.63, 3.8) is 0 Å². The first-order valence-electron chi connectivity index (χ1n) is 8.37. The van der Waals surface area contributed by atoms with E-state index in [1.165, 1.54) is 0 Å². The molecule has 126 valence electrons. The molecule has 1 amide bonds. The third-order valence-electron chi connectivity index (χ3n) is 4.78. The molecule has 1 N–H and O–H groups in total. The van der Waals surface area contributed by atoms with Gasteiger partial charge in [-0.2, -0.15) is 5.10 Å². The SMILES string of the molecule is O=C(O)Cn1nccc1[C@H]1CCCN(CC(=O)N2CCCC2)C1. The zero-order valence-electron chi connectivity index (χ0n) is 13.4. The van der Waals surface area contributed by atoms with E-state index in [-0.39, 0.29) is 18.4 Å². The highest BCUT2D eigenvalue weighted by Crippen LogP contribution is 2.26. The van der Waals surface area contributed by atoms with E-state index in [9.17, 15) is 9.59 Å². The summed E-state index contributed by atoms with van der Waals surface area (Å²) in [6.07, 6.45) is 5.92. The Hall–Kier alpha value is -1.89. The molecule has 7 nitrogen and oxygen atoms in total. The molecule has 3 heterocycles. The molecule has 0 bridgehead atoms. The van der Waals surface area contributed by atoms with Gasteiger partial charge >= 0.3 is 5.97 Å². The molecular weight excluding hydrogens is 296 g/mol. The standard InChI is InChI=1S/C16H24N4O3/c21-15(19-8-1-2-9-19)11-18-7-3-4-13(10-18)14-5-6-17-20(14)12-16(22)23/h5-6,13H,1-4,7-12H2,(H,22,23)/t13-/m0/s1. The van der Waals surface area contributed by atoms with Gasteiger partial charge in [0.2, 0.25) is 5.91 Å². The number of likely N-dealkylation sites (tertiary alicyclic amines) is 2. The molecule has 0 unspecified atom stereocenters. The Balaban J connectivity index is 1.60. The van der Waals surface area contributed by atoms with Crippen molar-refractivity contribution in [2.75, 3.05) is 32.7 Å². The summed E-state index contributed by atoms with van der Waals surface area (Å²) in [5, 5.41) is 13.1. The normalized spacial score (nSPS) is 22.4. The Morgan fingerprint density at radius 2 is 1.96 bits per heavy atom. The largest absolute Gasteiger partial charge is 0.480 e. The summed E-state index contributed by atoms with van der Waals surface area (Å²) in [5.41, 5.74) is 0.964. The summed E-state index contributed by atoms with van der Waals surface area (Å²) in [7, 11) is 0. The summed E-state index contributed by atoms with van der Waals surface area (Å²) in [4.78, 5) is 27.4. The second-order valence-electron chi connectivity index (χ2n) is 6.47. The fourth-order valence-electron chi connectivity index (χ4n) is 3.65. The van der Waals surface area contributed by atoms with Crippen molar-refractivity contribution in [3.05, 3.63) is 18.0 Å². The molecule has 0 aromatic carbocycles. The third-order valence-corrected chi connectivity index (χ3v) is 4.78. The van der Waals surface area contributed by atoms with Gasteiger partial charge in [-0.1, -0.05) is 0 Å². The predicted molar refractivity (Wildman–Crippen MR) is 84.1 cm³/mol. The summed E-state index contributed by atoms with van der Waals surface area (Å²) in [6, 6.07) is 1.90. The molecule has 7 heteroatoms. The van der Waals surface area contributed by atoms with Crippen LogP contribution in [0, 0.1) is 0 Å². The van der Waals surface area contributed by atoms with Crippen LogP contribution in [0.3, 0.4) is 0 Å². The van der Waals surface area contributed by atoms with Crippen LogP contribution in [0.2, 0.25) is 0 Å². The quantitative estimate of drug-likeness (QED) is 0.867. The van der Waals surface area contributed by atoms with E-state index in [1.807, 2.05) is 11.0 Å². The highest BCUT2D eigenvalue weighted by atomic mass is 16.4. The topological polar surface area (TPSA) is 78.7 Å². The number of carbonyl (C=O) groups is 2. The number of carboxylic acid groups (broad SMARTS) is 1. The first-order chi connectivity index (χ1) is 11.1. The van der Waals surface area contributed by atoms with E-state index in [2.05, 4.69) is 10.00 Å². The number of hydrogen-bond donors (Lipinski definition) is 1. The van der Waals surface area contributed by atoms with E-state index >= 15 is 0 Å². The van der Waals surface area contributed by atoms with E-state index in [4.69, 9.17) is 5.11 Å². The molecule has 2 fully saturated rings. The number of nitrogens with zero attached hydrogens (tertiary/aromatic N) is 4. The van der Waals surface area contributed by atoms with Crippen LogP contribution in [0.1, 0.15) is 37.3 Å². The van der Waals surface area contributed by atoms with Crippen molar-refractivity contribution in [2.24, 2.45) is 0 Å². The minimum Gasteiger partial charge on any atom is -0.480 e. The molecule has 2 aliphatic rings. The van der Waals surface area contributed by atoms with Crippen molar-refractivity contribution >= 4 is 11.9 Å². The minimum atomic E-state index is -0.883. The number of aliphatic carboxylic acids is 1. The molecule has 3 rings (SSSR count). The molecule has 0 aliphatic carbocycles. The van der Waals surface area contributed by atoms with Crippen LogP contribution in [0.5, 0.6) is 0 Å². The van der Waals surface area contributed by atoms with Crippen LogP contribution in [0.15, 0.2) is 12.3 Å². The van der Waals surface area contributed by atoms with Gasteiger partial charge in [0.15, 0.2) is 0 Å². The van der Waals surface area contributed by atoms with Crippen molar-refractivity contribution in [1.82, 2.24) is 19.6 Å². The van der Waals surface area contributed by atoms with Gasteiger partial charge in [-0.3, -0.25) is 19.2 Å². The molecule has 2 aliphatic heterocycles. The number of piperidine rings is 1. The Kier molecular flexibility index (Phi) is 4.95. The maximum absolute atomic E-state index is 12.3. The van der Waals surface area contributed by atoms with Crippen molar-refractivity contribution in [3.8, 4) is 0 Å². The molecule has 1 aromatic rings. The Bertz CT molecular complexity index is 565. The fraction of sp³-hybridized carbons (Fsp3) is 0.688. The molecule has 2 saturated heterocycles. The highest BCUT2D eigenvalue weighted by Gasteiger charge is 2.27. The number of hydrogen-bond acceptors (Lipinski definition) is 4. The molecule has 1 aromatic heterocycles. The van der Waals surface area contributed by atoms with Gasteiger partial charge in [-0.15, -0.1) is 0 Å². The van der Waals surface area contributed by atoms with E-state index in [1.54, 1.807) is 10.9 Å². The van der Waals surface area contributed by atoms with Crippen molar-refractivity contribution in [1.29, 1.82) is 0 Å². The Morgan fingerprint density at radius 1 is 1.17 bits per heavy atom. The smallest absolute Gasteiger partial charge is 0.325 e. The first-order valence-corrected chi connectivity index (χ1v) is 8.37. The molecular formula is C16H24N4O3. The second-order valence-corrected chi connectivity index (χ2v) is 6.47. The summed E-state index contributed by atoms with van der Waals surface area (Å²) < 4.78 is 1.57. The Labute approximate surface area is 135 Å². The number of amides is 1. The molecule has 0 radical (unpaired) electrons. The van der Waals surface area contributed by atoms with Crippen LogP contribution in [0.25, 0.3) is 0 Å². The van der Waals surface area contributed by atoms with Gasteiger partial charge in [0, 0.05) is 37.4 Å². The fourth-order valence-corrected chi connectivity index (χ4v) is 3.65. The van der Waals surface area contributed by atoms with Crippen LogP contribution in [0.4, 0.5) is 0 Å². The molecule has 0 spiro atoms. The lowest BCUT2D eigenvalue weighted by Gasteiger charge is -2.33. The van der Waals surface area contributed by atoms with Gasteiger partial charge in [-0.05, 0) is 38.3 Å². The van der Waals surface area contributed by atoms with Crippen LogP contribution < -0.4 is 0 Å². The van der Waals surface area contributed by atoms with Crippen LogP contribution >= 0.6 is 0 Å². The number of carboxylic acids is 1. The van der Waals surface area contributed by atoms with Gasteiger partial charge in [0.05, 0.1) is 6.54 Å². The van der Waals surface area contributed by atoms with Gasteiger partial charge < -0.3 is 10.0 Å². The third kappa shape index (κ3) is 3.90. The lowest BCUT2D eigenvalue weighted by atomic mass is 9.94. The number of aromatic nitrogens is 2. The summed E-state index contributed by atoms with van der Waals surface area (Å²) in [6.45, 7) is 3.88. The molecule has 23 heavy (non-hydrogen) atoms. The van der Waals surface area contributed by atoms with E-state index in [0.717, 1.165) is 57.6 Å². The maximum Gasteiger partial charge on any atom is 0.325 e. The van der Waals surface area contributed by atoms with E-state index < -0.39 is 5.97 Å². The van der Waals surface area contributed by atoms with Crippen LogP contribution in [-0.2, 0) is 16.1 Å². The number of carbonyl (C=O) groups excluding carboxylic acids is 1. The zero-order chi connectivity index (χ0) is 16.2. The average Bonchev–Trinajstić information content (AvgIpc) is 3.18. The molecule has 0 saturated carbocycles. The van der Waals surface area contributed by atoms with Gasteiger partial charge in [0.1, 0.15) is 6.54 Å². The highest BCUT2D eigenvalue weighted by molar-refractivity contribution is 5.78. The van der Waals surface area contributed by atoms with Gasteiger partial charge in [-0.25, -0.2) is 0 Å². The van der Waals surface area contributed by atoms with E-state index in [0.29, 0.717) is 6.54 Å². The minimum absolute atomic E-state index is 0.106. The maximum atomic E-state index is 12.3. The second kappa shape index (κ2) is 7.12. The average molecular weight is 320 g/mol. The monoisotopic (exact) mass is 320 g/mol. The number of rotatable bonds is 5. The van der Waals surface area contributed by atoms with Crippen molar-refractivity contribution < 1.29 is 14.7 Å². The Morgan fingerprint density at radius 3 is 2.70 bits per heavy atom. The van der Waals surface area contributed by atoms with Gasteiger partial charge in [0.25, 0.3) is 0 Å². The first kappa shape index (κ1) is 16.0. The summed E-state index contributed by atoms with van der Waals surface area (Å²) in [5.74, 6) is -0.411. The predicted octanol–water partition coefficient (Wildman–Crippen LogP) is 0.769. The molecule has 1 atom stereocenters. The lowest BCUT2D eigenvalue weighted by Crippen LogP contribution is -2.43.